The topological polar surface area (TPSA) is 70.5 Å². The molecule has 1 aliphatic rings. The van der Waals surface area contributed by atoms with E-state index in [0.717, 1.165) is 0 Å². The summed E-state index contributed by atoms with van der Waals surface area (Å²) in [5.41, 5.74) is -1.08. The molecule has 1 aromatic rings. The molecule has 1 aliphatic heterocycles. The summed E-state index contributed by atoms with van der Waals surface area (Å²) in [6, 6.07) is 2.84. The first-order chi connectivity index (χ1) is 8.94. The van der Waals surface area contributed by atoms with E-state index in [1.807, 2.05) is 0 Å². The number of carbonyl (C=O) groups excluding carboxylic acids is 1. The van der Waals surface area contributed by atoms with Crippen LogP contribution in [-0.4, -0.2) is 40.0 Å². The molecule has 0 aliphatic carbocycles. The van der Waals surface area contributed by atoms with Crippen LogP contribution >= 0.6 is 0 Å². The van der Waals surface area contributed by atoms with Crippen molar-refractivity contribution < 1.29 is 19.1 Å². The van der Waals surface area contributed by atoms with E-state index in [2.05, 4.69) is 4.98 Å². The van der Waals surface area contributed by atoms with Gasteiger partial charge in [0.05, 0.1) is 11.0 Å². The lowest BCUT2D eigenvalue weighted by molar-refractivity contribution is -0.150. The number of aromatic nitrogens is 1. The second kappa shape index (κ2) is 4.95. The number of carboxylic acid groups (broad SMARTS) is 1. The summed E-state index contributed by atoms with van der Waals surface area (Å²) in [5, 5.41) is 9.20. The van der Waals surface area contributed by atoms with Crippen LogP contribution in [0.2, 0.25) is 0 Å². The Morgan fingerprint density at radius 1 is 1.53 bits per heavy atom. The van der Waals surface area contributed by atoms with Crippen LogP contribution in [0.3, 0.4) is 0 Å². The quantitative estimate of drug-likeness (QED) is 0.824. The molecule has 0 spiro atoms. The molecule has 2 rings (SSSR count). The van der Waals surface area contributed by atoms with E-state index in [-0.39, 0.29) is 12.1 Å². The molecule has 19 heavy (non-hydrogen) atoms. The Bertz CT molecular complexity index is 520. The predicted molar refractivity (Wildman–Crippen MR) is 65.1 cm³/mol. The van der Waals surface area contributed by atoms with Gasteiger partial charge in [-0.1, -0.05) is 0 Å². The molecule has 1 amide bonds. The summed E-state index contributed by atoms with van der Waals surface area (Å²) in [7, 11) is 0. The monoisotopic (exact) mass is 266 g/mol. The molecule has 1 atom stereocenters. The van der Waals surface area contributed by atoms with E-state index >= 15 is 0 Å². The molecule has 0 aromatic carbocycles. The van der Waals surface area contributed by atoms with Crippen LogP contribution in [0.1, 0.15) is 30.1 Å². The lowest BCUT2D eigenvalue weighted by Crippen LogP contribution is -2.48. The van der Waals surface area contributed by atoms with Gasteiger partial charge in [0.15, 0.2) is 0 Å². The summed E-state index contributed by atoms with van der Waals surface area (Å²) in [6.07, 6.45) is 2.38. The van der Waals surface area contributed by atoms with E-state index in [4.69, 9.17) is 0 Å². The maximum atomic E-state index is 13.5. The van der Waals surface area contributed by atoms with Crippen LogP contribution < -0.4 is 0 Å². The van der Waals surface area contributed by atoms with Crippen LogP contribution in [0.15, 0.2) is 18.3 Å². The second-order valence-corrected chi connectivity index (χ2v) is 5.04. The van der Waals surface area contributed by atoms with E-state index in [1.165, 1.54) is 23.2 Å². The van der Waals surface area contributed by atoms with Crippen molar-refractivity contribution in [1.29, 1.82) is 0 Å². The van der Waals surface area contributed by atoms with Gasteiger partial charge in [0.2, 0.25) is 5.95 Å². The average Bonchev–Trinajstić information content (AvgIpc) is 2.38. The molecule has 5 nitrogen and oxygen atoms in total. The maximum Gasteiger partial charge on any atom is 0.311 e. The lowest BCUT2D eigenvalue weighted by Gasteiger charge is -2.37. The van der Waals surface area contributed by atoms with E-state index in [0.29, 0.717) is 19.4 Å². The largest absolute Gasteiger partial charge is 0.481 e. The Kier molecular flexibility index (Phi) is 3.50. The van der Waals surface area contributed by atoms with Crippen LogP contribution in [0.25, 0.3) is 0 Å². The number of amides is 1. The summed E-state index contributed by atoms with van der Waals surface area (Å²) in [5.74, 6) is -2.26. The molecular formula is C13H15FN2O3. The highest BCUT2D eigenvalue weighted by molar-refractivity contribution is 5.94. The highest BCUT2D eigenvalue weighted by atomic mass is 19.1. The maximum absolute atomic E-state index is 13.5. The zero-order chi connectivity index (χ0) is 14.0. The van der Waals surface area contributed by atoms with Gasteiger partial charge in [-0.3, -0.25) is 9.59 Å². The number of aliphatic carboxylic acids is 1. The molecule has 102 valence electrons. The predicted octanol–water partition coefficient (Wildman–Crippen LogP) is 1.55. The van der Waals surface area contributed by atoms with E-state index in [1.54, 1.807) is 6.92 Å². The van der Waals surface area contributed by atoms with Crippen LogP contribution in [0.4, 0.5) is 4.39 Å². The van der Waals surface area contributed by atoms with Crippen molar-refractivity contribution in [3.05, 3.63) is 29.8 Å². The molecule has 1 unspecified atom stereocenters. The number of carboxylic acids is 1. The Labute approximate surface area is 110 Å². The number of rotatable bonds is 2. The Balaban J connectivity index is 2.21. The second-order valence-electron chi connectivity index (χ2n) is 5.04. The van der Waals surface area contributed by atoms with Crippen molar-refractivity contribution in [3.63, 3.8) is 0 Å². The van der Waals surface area contributed by atoms with Gasteiger partial charge < -0.3 is 10.0 Å². The van der Waals surface area contributed by atoms with Crippen molar-refractivity contribution in [2.75, 3.05) is 13.1 Å². The number of halogens is 1. The number of pyridine rings is 1. The Hall–Kier alpha value is -1.98. The molecule has 0 saturated carbocycles. The van der Waals surface area contributed by atoms with Gasteiger partial charge in [-0.2, -0.15) is 4.39 Å². The SMILES string of the molecule is CC1(C(=O)O)CCCN(C(=O)c2cccnc2F)C1. The molecule has 0 radical (unpaired) electrons. The zero-order valence-corrected chi connectivity index (χ0v) is 10.6. The normalized spacial score (nSPS) is 23.2. The fraction of sp³-hybridized carbons (Fsp3) is 0.462. The Morgan fingerprint density at radius 2 is 2.26 bits per heavy atom. The molecule has 1 aromatic heterocycles. The highest BCUT2D eigenvalue weighted by Gasteiger charge is 2.39. The van der Waals surface area contributed by atoms with Crippen LogP contribution in [0.5, 0.6) is 0 Å². The minimum atomic E-state index is -0.966. The number of likely N-dealkylation sites (tertiary alicyclic amines) is 1. The standard InChI is InChI=1S/C13H15FN2O3/c1-13(12(18)19)5-3-7-16(8-13)11(17)9-4-2-6-15-10(9)14/h2,4,6H,3,5,7-8H2,1H3,(H,18,19). The number of nitrogens with zero attached hydrogens (tertiary/aromatic N) is 2. The van der Waals surface area contributed by atoms with Gasteiger partial charge >= 0.3 is 5.97 Å². The van der Waals surface area contributed by atoms with E-state index in [9.17, 15) is 19.1 Å². The van der Waals surface area contributed by atoms with Gasteiger partial charge in [0.25, 0.3) is 5.91 Å². The van der Waals surface area contributed by atoms with Crippen molar-refractivity contribution in [3.8, 4) is 0 Å². The molecule has 6 heteroatoms. The number of piperidine rings is 1. The van der Waals surface area contributed by atoms with Gasteiger partial charge in [-0.05, 0) is 31.9 Å². The first kappa shape index (κ1) is 13.5. The lowest BCUT2D eigenvalue weighted by atomic mass is 9.82. The summed E-state index contributed by atoms with van der Waals surface area (Å²) >= 11 is 0. The third-order valence-corrected chi connectivity index (χ3v) is 3.49. The molecule has 1 saturated heterocycles. The Morgan fingerprint density at radius 3 is 2.89 bits per heavy atom. The number of hydrogen-bond donors (Lipinski definition) is 1. The smallest absolute Gasteiger partial charge is 0.311 e. The number of hydrogen-bond acceptors (Lipinski definition) is 3. The molecule has 0 bridgehead atoms. The minimum absolute atomic E-state index is 0.0928. The molecule has 1 fully saturated rings. The zero-order valence-electron chi connectivity index (χ0n) is 10.6. The van der Waals surface area contributed by atoms with Crippen molar-refractivity contribution in [1.82, 2.24) is 9.88 Å². The third kappa shape index (κ3) is 2.57. The van der Waals surface area contributed by atoms with Crippen molar-refractivity contribution in [2.24, 2.45) is 5.41 Å². The molecule has 2 heterocycles. The van der Waals surface area contributed by atoms with Crippen molar-refractivity contribution >= 4 is 11.9 Å². The van der Waals surface area contributed by atoms with Crippen LogP contribution in [0, 0.1) is 11.4 Å². The first-order valence-electron chi connectivity index (χ1n) is 6.07. The summed E-state index contributed by atoms with van der Waals surface area (Å²) in [4.78, 5) is 28.2. The average molecular weight is 266 g/mol. The van der Waals surface area contributed by atoms with Crippen molar-refractivity contribution in [2.45, 2.75) is 19.8 Å². The number of carbonyl (C=O) groups is 2. The van der Waals surface area contributed by atoms with E-state index < -0.39 is 23.2 Å². The highest BCUT2D eigenvalue weighted by Crippen LogP contribution is 2.30. The molecule has 1 N–H and O–H groups in total. The fourth-order valence-corrected chi connectivity index (χ4v) is 2.30. The summed E-state index contributed by atoms with van der Waals surface area (Å²) in [6.45, 7) is 2.14. The van der Waals surface area contributed by atoms with Gasteiger partial charge in [-0.25, -0.2) is 4.98 Å². The van der Waals surface area contributed by atoms with Gasteiger partial charge in [0, 0.05) is 19.3 Å². The van der Waals surface area contributed by atoms with Gasteiger partial charge in [0.1, 0.15) is 0 Å². The first-order valence-corrected chi connectivity index (χ1v) is 6.07. The summed E-state index contributed by atoms with van der Waals surface area (Å²) < 4.78 is 13.5. The minimum Gasteiger partial charge on any atom is -0.481 e. The third-order valence-electron chi connectivity index (χ3n) is 3.49. The molecular weight excluding hydrogens is 251 g/mol. The van der Waals surface area contributed by atoms with Gasteiger partial charge in [-0.15, -0.1) is 0 Å². The van der Waals surface area contributed by atoms with Crippen LogP contribution in [-0.2, 0) is 4.79 Å². The fourth-order valence-electron chi connectivity index (χ4n) is 2.30.